The van der Waals surface area contributed by atoms with Crippen LogP contribution in [0.2, 0.25) is 0 Å². The molecule has 1 heterocycles. The Balaban J connectivity index is 2.06. The minimum atomic E-state index is -0.480. The highest BCUT2D eigenvalue weighted by Gasteiger charge is 2.13. The molecule has 7 heteroatoms. The van der Waals surface area contributed by atoms with E-state index in [4.69, 9.17) is 0 Å². The molecule has 2 rings (SSSR count). The lowest BCUT2D eigenvalue weighted by atomic mass is 10.1. The van der Waals surface area contributed by atoms with Crippen LogP contribution in [0.25, 0.3) is 0 Å². The van der Waals surface area contributed by atoms with E-state index in [0.29, 0.717) is 11.1 Å². The van der Waals surface area contributed by atoms with E-state index < -0.39 is 10.8 Å². The van der Waals surface area contributed by atoms with Crippen molar-refractivity contribution in [2.75, 3.05) is 0 Å². The van der Waals surface area contributed by atoms with Crippen molar-refractivity contribution in [2.24, 2.45) is 5.10 Å². The van der Waals surface area contributed by atoms with Crippen molar-refractivity contribution >= 4 is 29.1 Å². The quantitative estimate of drug-likeness (QED) is 0.533. The second-order valence-corrected chi connectivity index (χ2v) is 4.79. The topological polar surface area (TPSA) is 84.6 Å². The van der Waals surface area contributed by atoms with Gasteiger partial charge in [-0.05, 0) is 35.9 Å². The van der Waals surface area contributed by atoms with E-state index in [-0.39, 0.29) is 5.69 Å². The molecule has 1 aromatic heterocycles. The summed E-state index contributed by atoms with van der Waals surface area (Å²) in [6, 6.07) is 6.05. The SMILES string of the molecule is Cc1cc(C(=O)NN=Cc2ccsc2)ccc1[N+](=O)[O-]. The second kappa shape index (κ2) is 6.07. The first kappa shape index (κ1) is 13.9. The normalized spacial score (nSPS) is 10.7. The molecule has 0 unspecified atom stereocenters. The monoisotopic (exact) mass is 289 g/mol. The lowest BCUT2D eigenvalue weighted by Crippen LogP contribution is -2.17. The van der Waals surface area contributed by atoms with E-state index in [1.165, 1.54) is 35.8 Å². The molecule has 0 spiro atoms. The Morgan fingerprint density at radius 2 is 2.25 bits per heavy atom. The fourth-order valence-electron chi connectivity index (χ4n) is 1.58. The van der Waals surface area contributed by atoms with Gasteiger partial charge in [0.2, 0.25) is 0 Å². The molecule has 1 amide bonds. The van der Waals surface area contributed by atoms with Crippen molar-refractivity contribution < 1.29 is 9.72 Å². The third-order valence-corrected chi connectivity index (χ3v) is 3.28. The second-order valence-electron chi connectivity index (χ2n) is 4.01. The fourth-order valence-corrected chi connectivity index (χ4v) is 2.19. The third kappa shape index (κ3) is 3.27. The molecular formula is C13H11N3O3S. The Morgan fingerprint density at radius 3 is 2.85 bits per heavy atom. The smallest absolute Gasteiger partial charge is 0.267 e. The summed E-state index contributed by atoms with van der Waals surface area (Å²) >= 11 is 1.53. The van der Waals surface area contributed by atoms with Crippen molar-refractivity contribution in [3.05, 3.63) is 61.8 Å². The highest BCUT2D eigenvalue weighted by atomic mass is 32.1. The first-order valence-corrected chi connectivity index (χ1v) is 6.63. The summed E-state index contributed by atoms with van der Waals surface area (Å²) in [5.74, 6) is -0.408. The molecule has 0 saturated carbocycles. The molecule has 0 aliphatic heterocycles. The third-order valence-electron chi connectivity index (χ3n) is 2.58. The molecule has 6 nitrogen and oxygen atoms in total. The van der Waals surface area contributed by atoms with Crippen LogP contribution in [0.15, 0.2) is 40.1 Å². The predicted octanol–water partition coefficient (Wildman–Crippen LogP) is 2.73. The molecule has 1 N–H and O–H groups in total. The van der Waals surface area contributed by atoms with E-state index >= 15 is 0 Å². The van der Waals surface area contributed by atoms with Gasteiger partial charge in [0.05, 0.1) is 11.1 Å². The molecule has 0 bridgehead atoms. The number of carbonyl (C=O) groups excluding carboxylic acids is 1. The Kier molecular flexibility index (Phi) is 4.21. The first-order chi connectivity index (χ1) is 9.58. The van der Waals surface area contributed by atoms with Crippen LogP contribution in [0.1, 0.15) is 21.5 Å². The standard InChI is InChI=1S/C13H11N3O3S/c1-9-6-11(2-3-12(9)16(18)19)13(17)15-14-7-10-4-5-20-8-10/h2-8H,1H3,(H,15,17). The Hall–Kier alpha value is -2.54. The van der Waals surface area contributed by atoms with E-state index in [0.717, 1.165) is 5.56 Å². The van der Waals surface area contributed by atoms with Crippen LogP contribution in [0.5, 0.6) is 0 Å². The zero-order chi connectivity index (χ0) is 14.5. The van der Waals surface area contributed by atoms with Crippen LogP contribution in [0.3, 0.4) is 0 Å². The number of carbonyl (C=O) groups is 1. The number of hydrogen-bond acceptors (Lipinski definition) is 5. The van der Waals surface area contributed by atoms with Crippen LogP contribution in [-0.2, 0) is 0 Å². The van der Waals surface area contributed by atoms with Crippen molar-refractivity contribution in [3.63, 3.8) is 0 Å². The lowest BCUT2D eigenvalue weighted by molar-refractivity contribution is -0.385. The van der Waals surface area contributed by atoms with Crippen LogP contribution in [0.4, 0.5) is 5.69 Å². The van der Waals surface area contributed by atoms with E-state index in [2.05, 4.69) is 10.5 Å². The molecule has 0 aliphatic rings. The minimum absolute atomic E-state index is 0.0108. The van der Waals surface area contributed by atoms with Crippen molar-refractivity contribution in [2.45, 2.75) is 6.92 Å². The van der Waals surface area contributed by atoms with Gasteiger partial charge in [-0.25, -0.2) is 5.43 Å². The average molecular weight is 289 g/mol. The van der Waals surface area contributed by atoms with Crippen LogP contribution < -0.4 is 5.43 Å². The summed E-state index contributed by atoms with van der Waals surface area (Å²) in [6.45, 7) is 1.59. The molecule has 0 saturated heterocycles. The summed E-state index contributed by atoms with van der Waals surface area (Å²) in [5, 5.41) is 18.3. The van der Waals surface area contributed by atoms with Crippen molar-refractivity contribution in [1.82, 2.24) is 5.43 Å². The number of nitrogens with one attached hydrogen (secondary N) is 1. The predicted molar refractivity (Wildman–Crippen MR) is 77.2 cm³/mol. The summed E-state index contributed by atoms with van der Waals surface area (Å²) in [7, 11) is 0. The minimum Gasteiger partial charge on any atom is -0.267 e. The Bertz CT molecular complexity index is 666. The number of hydrogen-bond donors (Lipinski definition) is 1. The van der Waals surface area contributed by atoms with Gasteiger partial charge in [0, 0.05) is 22.8 Å². The lowest BCUT2D eigenvalue weighted by Gasteiger charge is -2.02. The van der Waals surface area contributed by atoms with Crippen LogP contribution in [-0.4, -0.2) is 17.0 Å². The summed E-state index contributed by atoms with van der Waals surface area (Å²) in [5.41, 5.74) is 4.03. The molecule has 1 aromatic carbocycles. The number of nitro groups is 1. The molecule has 2 aromatic rings. The molecule has 0 fully saturated rings. The summed E-state index contributed by atoms with van der Waals surface area (Å²) < 4.78 is 0. The first-order valence-electron chi connectivity index (χ1n) is 5.68. The van der Waals surface area contributed by atoms with Gasteiger partial charge in [0.15, 0.2) is 0 Å². The van der Waals surface area contributed by atoms with Crippen molar-refractivity contribution in [1.29, 1.82) is 0 Å². The number of rotatable bonds is 4. The number of nitrogens with zero attached hydrogens (tertiary/aromatic N) is 2. The van der Waals surface area contributed by atoms with Gasteiger partial charge in [0.25, 0.3) is 11.6 Å². The fraction of sp³-hybridized carbons (Fsp3) is 0.0769. The molecule has 0 radical (unpaired) electrons. The van der Waals surface area contributed by atoms with Gasteiger partial charge >= 0.3 is 0 Å². The Morgan fingerprint density at radius 1 is 1.45 bits per heavy atom. The Labute approximate surface area is 118 Å². The number of thiophene rings is 1. The number of hydrazone groups is 1. The maximum atomic E-state index is 11.8. The molecule has 102 valence electrons. The zero-order valence-electron chi connectivity index (χ0n) is 10.6. The molecule has 0 aliphatic carbocycles. The maximum Gasteiger partial charge on any atom is 0.272 e. The zero-order valence-corrected chi connectivity index (χ0v) is 11.4. The average Bonchev–Trinajstić information content (AvgIpc) is 2.91. The van der Waals surface area contributed by atoms with Crippen LogP contribution in [0, 0.1) is 17.0 Å². The maximum absolute atomic E-state index is 11.8. The number of benzene rings is 1. The van der Waals surface area contributed by atoms with Gasteiger partial charge in [-0.15, -0.1) is 0 Å². The van der Waals surface area contributed by atoms with Gasteiger partial charge in [0.1, 0.15) is 0 Å². The highest BCUT2D eigenvalue weighted by Crippen LogP contribution is 2.18. The summed E-state index contributed by atoms with van der Waals surface area (Å²) in [6.07, 6.45) is 1.53. The number of nitro benzene ring substituents is 1. The van der Waals surface area contributed by atoms with E-state index in [1.807, 2.05) is 16.8 Å². The van der Waals surface area contributed by atoms with Crippen molar-refractivity contribution in [3.8, 4) is 0 Å². The van der Waals surface area contributed by atoms with Gasteiger partial charge in [-0.3, -0.25) is 14.9 Å². The van der Waals surface area contributed by atoms with Gasteiger partial charge < -0.3 is 0 Å². The summed E-state index contributed by atoms with van der Waals surface area (Å²) in [4.78, 5) is 22.0. The van der Waals surface area contributed by atoms with Gasteiger partial charge in [-0.2, -0.15) is 16.4 Å². The van der Waals surface area contributed by atoms with E-state index in [9.17, 15) is 14.9 Å². The largest absolute Gasteiger partial charge is 0.272 e. The van der Waals surface area contributed by atoms with E-state index in [1.54, 1.807) is 6.92 Å². The number of amides is 1. The number of aryl methyl sites for hydroxylation is 1. The molecule has 0 atom stereocenters. The van der Waals surface area contributed by atoms with Gasteiger partial charge in [-0.1, -0.05) is 0 Å². The molecule has 20 heavy (non-hydrogen) atoms. The highest BCUT2D eigenvalue weighted by molar-refractivity contribution is 7.08. The van der Waals surface area contributed by atoms with Crippen LogP contribution >= 0.6 is 11.3 Å². The molecular weight excluding hydrogens is 278 g/mol.